The number of ether oxygens (including phenoxy) is 1. The fourth-order valence-electron chi connectivity index (χ4n) is 2.68. The Hall–Kier alpha value is -0.170. The molecule has 6 heteroatoms. The second-order valence-electron chi connectivity index (χ2n) is 5.48. The lowest BCUT2D eigenvalue weighted by Gasteiger charge is -2.37. The monoisotopic (exact) mass is 306 g/mol. The van der Waals surface area contributed by atoms with E-state index in [1.165, 1.54) is 0 Å². The van der Waals surface area contributed by atoms with E-state index >= 15 is 0 Å². The van der Waals surface area contributed by atoms with Gasteiger partial charge >= 0.3 is 0 Å². The van der Waals surface area contributed by atoms with E-state index in [4.69, 9.17) is 4.74 Å². The molecule has 1 aliphatic rings. The van der Waals surface area contributed by atoms with E-state index in [-0.39, 0.29) is 23.7 Å². The van der Waals surface area contributed by atoms with Gasteiger partial charge in [0.1, 0.15) is 9.84 Å². The van der Waals surface area contributed by atoms with E-state index in [2.05, 4.69) is 17.1 Å². The van der Waals surface area contributed by atoms with Crippen molar-refractivity contribution >= 4 is 9.84 Å². The molecule has 0 aromatic carbocycles. The number of likely N-dealkylation sites (N-methyl/N-ethyl adjacent to an activating group) is 1. The predicted molar refractivity (Wildman–Crippen MR) is 82.9 cm³/mol. The smallest absolute Gasteiger partial charge is 0.150 e. The third kappa shape index (κ3) is 6.08. The van der Waals surface area contributed by atoms with Crippen LogP contribution in [-0.2, 0) is 14.6 Å². The minimum atomic E-state index is -2.85. The van der Waals surface area contributed by atoms with E-state index in [9.17, 15) is 8.42 Å². The van der Waals surface area contributed by atoms with Crippen LogP contribution in [0.2, 0.25) is 0 Å². The molecule has 0 aromatic rings. The molecule has 1 saturated heterocycles. The van der Waals surface area contributed by atoms with E-state index in [0.717, 1.165) is 39.1 Å². The molecule has 20 heavy (non-hydrogen) atoms. The Morgan fingerprint density at radius 3 is 2.75 bits per heavy atom. The summed E-state index contributed by atoms with van der Waals surface area (Å²) in [6, 6.07) is 0.238. The fourth-order valence-corrected chi connectivity index (χ4v) is 3.57. The Kier molecular flexibility index (Phi) is 8.02. The first-order valence-electron chi connectivity index (χ1n) is 7.74. The molecule has 120 valence electrons. The van der Waals surface area contributed by atoms with Crippen LogP contribution in [0.15, 0.2) is 0 Å². The van der Waals surface area contributed by atoms with Gasteiger partial charge in [-0.15, -0.1) is 0 Å². The molecule has 2 unspecified atom stereocenters. The van der Waals surface area contributed by atoms with Crippen LogP contribution in [0.3, 0.4) is 0 Å². The average molecular weight is 306 g/mol. The molecule has 1 N–H and O–H groups in total. The maximum absolute atomic E-state index is 11.5. The Bertz CT molecular complexity index is 357. The molecule has 1 fully saturated rings. The second-order valence-corrected chi connectivity index (χ2v) is 7.96. The van der Waals surface area contributed by atoms with Crippen LogP contribution in [0.1, 0.15) is 33.1 Å². The van der Waals surface area contributed by atoms with Crippen LogP contribution in [0, 0.1) is 0 Å². The maximum atomic E-state index is 11.5. The molecule has 0 radical (unpaired) electrons. The normalized spacial score (nSPS) is 22.9. The van der Waals surface area contributed by atoms with E-state index in [1.54, 1.807) is 6.92 Å². The third-order valence-corrected chi connectivity index (χ3v) is 5.74. The number of morpholine rings is 1. The van der Waals surface area contributed by atoms with Gasteiger partial charge in [-0.05, 0) is 32.9 Å². The SMILES string of the molecule is CCCN1CCOC(C(CCCS(=O)(=O)CC)NC)C1. The first kappa shape index (κ1) is 17.9. The Balaban J connectivity index is 2.41. The van der Waals surface area contributed by atoms with Crippen molar-refractivity contribution in [2.75, 3.05) is 44.8 Å². The van der Waals surface area contributed by atoms with Crippen molar-refractivity contribution in [3.8, 4) is 0 Å². The van der Waals surface area contributed by atoms with Crippen molar-refractivity contribution in [2.45, 2.75) is 45.3 Å². The molecule has 0 amide bonds. The molecule has 0 aliphatic carbocycles. The lowest BCUT2D eigenvalue weighted by molar-refractivity contribution is -0.0464. The van der Waals surface area contributed by atoms with Gasteiger partial charge in [-0.3, -0.25) is 4.90 Å². The van der Waals surface area contributed by atoms with Crippen LogP contribution in [0.5, 0.6) is 0 Å². The molecular weight excluding hydrogens is 276 g/mol. The Labute approximate surface area is 124 Å². The topological polar surface area (TPSA) is 58.6 Å². The van der Waals surface area contributed by atoms with Gasteiger partial charge in [0.15, 0.2) is 0 Å². The molecule has 1 aliphatic heterocycles. The predicted octanol–water partition coefficient (Wildman–Crippen LogP) is 0.900. The van der Waals surface area contributed by atoms with Gasteiger partial charge in [0.2, 0.25) is 0 Å². The number of sulfone groups is 1. The summed E-state index contributed by atoms with van der Waals surface area (Å²) in [5.41, 5.74) is 0. The minimum absolute atomic E-state index is 0.171. The van der Waals surface area contributed by atoms with Gasteiger partial charge < -0.3 is 10.1 Å². The first-order chi connectivity index (χ1) is 9.52. The quantitative estimate of drug-likeness (QED) is 0.686. The summed E-state index contributed by atoms with van der Waals surface area (Å²) < 4.78 is 28.9. The highest BCUT2D eigenvalue weighted by atomic mass is 32.2. The lowest BCUT2D eigenvalue weighted by Crippen LogP contribution is -2.51. The summed E-state index contributed by atoms with van der Waals surface area (Å²) >= 11 is 0. The maximum Gasteiger partial charge on any atom is 0.150 e. The van der Waals surface area contributed by atoms with Crippen LogP contribution < -0.4 is 5.32 Å². The molecule has 5 nitrogen and oxygen atoms in total. The second kappa shape index (κ2) is 8.97. The summed E-state index contributed by atoms with van der Waals surface area (Å²) in [6.07, 6.45) is 2.88. The van der Waals surface area contributed by atoms with Gasteiger partial charge in [0, 0.05) is 24.9 Å². The minimum Gasteiger partial charge on any atom is -0.374 e. The molecule has 1 heterocycles. The fraction of sp³-hybridized carbons (Fsp3) is 1.00. The summed E-state index contributed by atoms with van der Waals surface area (Å²) in [5, 5.41) is 3.29. The summed E-state index contributed by atoms with van der Waals surface area (Å²) in [7, 11) is -0.921. The molecule has 1 rings (SSSR count). The number of rotatable bonds is 9. The standard InChI is InChI=1S/C14H30N2O3S/c1-4-8-16-9-10-19-14(12-16)13(15-3)7-6-11-20(17,18)5-2/h13-15H,4-12H2,1-3H3. The van der Waals surface area contributed by atoms with Crippen LogP contribution in [0.25, 0.3) is 0 Å². The van der Waals surface area contributed by atoms with Gasteiger partial charge in [-0.25, -0.2) is 8.42 Å². The summed E-state index contributed by atoms with van der Waals surface area (Å²) in [6.45, 7) is 7.73. The summed E-state index contributed by atoms with van der Waals surface area (Å²) in [4.78, 5) is 2.43. The molecular formula is C14H30N2O3S. The zero-order chi connectivity index (χ0) is 15.0. The first-order valence-corrected chi connectivity index (χ1v) is 9.56. The van der Waals surface area contributed by atoms with Crippen molar-refractivity contribution in [2.24, 2.45) is 0 Å². The third-order valence-electron chi connectivity index (χ3n) is 3.95. The van der Waals surface area contributed by atoms with Gasteiger partial charge in [-0.2, -0.15) is 0 Å². The number of hydrogen-bond donors (Lipinski definition) is 1. The van der Waals surface area contributed by atoms with Crippen LogP contribution >= 0.6 is 0 Å². The van der Waals surface area contributed by atoms with Gasteiger partial charge in [-0.1, -0.05) is 13.8 Å². The van der Waals surface area contributed by atoms with Gasteiger partial charge in [0.25, 0.3) is 0 Å². The van der Waals surface area contributed by atoms with Crippen LogP contribution in [0.4, 0.5) is 0 Å². The average Bonchev–Trinajstić information content (AvgIpc) is 2.44. The highest BCUT2D eigenvalue weighted by Gasteiger charge is 2.26. The molecule has 0 aromatic heterocycles. The molecule has 2 atom stereocenters. The zero-order valence-corrected chi connectivity index (χ0v) is 13.9. The van der Waals surface area contributed by atoms with Gasteiger partial charge in [0.05, 0.1) is 18.5 Å². The van der Waals surface area contributed by atoms with Crippen molar-refractivity contribution in [1.82, 2.24) is 10.2 Å². The lowest BCUT2D eigenvalue weighted by atomic mass is 10.0. The van der Waals surface area contributed by atoms with Crippen molar-refractivity contribution in [1.29, 1.82) is 0 Å². The van der Waals surface area contributed by atoms with Crippen LogP contribution in [-0.4, -0.2) is 70.3 Å². The summed E-state index contributed by atoms with van der Waals surface area (Å²) in [5.74, 6) is 0.522. The largest absolute Gasteiger partial charge is 0.374 e. The Morgan fingerprint density at radius 1 is 1.40 bits per heavy atom. The molecule has 0 bridgehead atoms. The zero-order valence-electron chi connectivity index (χ0n) is 13.1. The number of hydrogen-bond acceptors (Lipinski definition) is 5. The van der Waals surface area contributed by atoms with E-state index in [1.807, 2.05) is 7.05 Å². The van der Waals surface area contributed by atoms with Crippen molar-refractivity contribution < 1.29 is 13.2 Å². The number of nitrogens with one attached hydrogen (secondary N) is 1. The highest BCUT2D eigenvalue weighted by Crippen LogP contribution is 2.13. The molecule has 0 saturated carbocycles. The number of nitrogens with zero attached hydrogens (tertiary/aromatic N) is 1. The van der Waals surface area contributed by atoms with E-state index in [0.29, 0.717) is 6.42 Å². The highest BCUT2D eigenvalue weighted by molar-refractivity contribution is 7.91. The van der Waals surface area contributed by atoms with E-state index < -0.39 is 9.84 Å². The Morgan fingerprint density at radius 2 is 2.15 bits per heavy atom. The van der Waals surface area contributed by atoms with Crippen molar-refractivity contribution in [3.05, 3.63) is 0 Å². The molecule has 0 spiro atoms. The van der Waals surface area contributed by atoms with Crippen molar-refractivity contribution in [3.63, 3.8) is 0 Å².